The van der Waals surface area contributed by atoms with Crippen LogP contribution in [0.15, 0.2) is 78.0 Å². The van der Waals surface area contributed by atoms with E-state index in [9.17, 15) is 9.59 Å². The highest BCUT2D eigenvalue weighted by Crippen LogP contribution is 2.23. The van der Waals surface area contributed by atoms with Crippen molar-refractivity contribution in [3.8, 4) is 0 Å². The molecule has 6 nitrogen and oxygen atoms in total. The van der Waals surface area contributed by atoms with Crippen LogP contribution in [0.1, 0.15) is 40.9 Å². The van der Waals surface area contributed by atoms with E-state index in [4.69, 9.17) is 23.2 Å². The Bertz CT molecular complexity index is 1460. The van der Waals surface area contributed by atoms with Crippen LogP contribution < -0.4 is 10.7 Å². The van der Waals surface area contributed by atoms with Gasteiger partial charge < -0.3 is 9.88 Å². The third-order valence-electron chi connectivity index (χ3n) is 6.09. The van der Waals surface area contributed by atoms with Crippen LogP contribution in [-0.2, 0) is 11.3 Å². The van der Waals surface area contributed by atoms with E-state index in [2.05, 4.69) is 57.7 Å². The summed E-state index contributed by atoms with van der Waals surface area (Å²) in [7, 11) is 0. The zero-order valence-electron chi connectivity index (χ0n) is 20.8. The number of para-hydroxylation sites is 1. The van der Waals surface area contributed by atoms with Crippen molar-refractivity contribution >= 4 is 52.1 Å². The molecule has 2 amide bonds. The first-order valence-corrected chi connectivity index (χ1v) is 12.7. The molecular formula is C29H28Cl2N4O2. The minimum absolute atomic E-state index is 0.168. The number of hydrogen-bond acceptors (Lipinski definition) is 3. The van der Waals surface area contributed by atoms with Crippen LogP contribution in [0.2, 0.25) is 10.0 Å². The average Bonchev–Trinajstić information content (AvgIpc) is 3.22. The number of nitrogens with zero attached hydrogens (tertiary/aromatic N) is 2. The molecule has 0 aliphatic rings. The molecule has 4 rings (SSSR count). The first-order chi connectivity index (χ1) is 17.7. The number of halogens is 2. The minimum Gasteiger partial charge on any atom is -0.342 e. The van der Waals surface area contributed by atoms with Crippen molar-refractivity contribution in [2.24, 2.45) is 11.0 Å². The predicted molar refractivity (Wildman–Crippen MR) is 151 cm³/mol. The van der Waals surface area contributed by atoms with Gasteiger partial charge in [-0.3, -0.25) is 9.59 Å². The summed E-state index contributed by atoms with van der Waals surface area (Å²) in [6.45, 7) is 6.49. The molecule has 1 heterocycles. The molecule has 8 heteroatoms. The van der Waals surface area contributed by atoms with Crippen LogP contribution in [-0.4, -0.2) is 28.6 Å². The molecule has 0 saturated heterocycles. The minimum atomic E-state index is -0.790. The van der Waals surface area contributed by atoms with Crippen molar-refractivity contribution in [2.45, 2.75) is 33.4 Å². The lowest BCUT2D eigenvalue weighted by Gasteiger charge is -2.20. The fraction of sp³-hybridized carbons (Fsp3) is 0.207. The van der Waals surface area contributed by atoms with Crippen molar-refractivity contribution in [3.63, 3.8) is 0 Å². The second kappa shape index (κ2) is 11.6. The summed E-state index contributed by atoms with van der Waals surface area (Å²) < 4.78 is 2.16. The van der Waals surface area contributed by atoms with Crippen LogP contribution in [0.5, 0.6) is 0 Å². The van der Waals surface area contributed by atoms with Gasteiger partial charge >= 0.3 is 0 Å². The Hall–Kier alpha value is -3.61. The average molecular weight is 535 g/mol. The smallest absolute Gasteiger partial charge is 0.262 e. The first-order valence-electron chi connectivity index (χ1n) is 11.9. The summed E-state index contributed by atoms with van der Waals surface area (Å²) in [4.78, 5) is 25.6. The van der Waals surface area contributed by atoms with E-state index >= 15 is 0 Å². The van der Waals surface area contributed by atoms with Gasteiger partial charge in [-0.15, -0.1) is 0 Å². The van der Waals surface area contributed by atoms with E-state index in [0.717, 1.165) is 23.0 Å². The van der Waals surface area contributed by atoms with Gasteiger partial charge in [0.25, 0.3) is 11.8 Å². The SMILES string of the molecule is Cc1ccc(Cn2cc(C=NNC(=O)C(NC(=O)c3ccc(Cl)c(Cl)c3)C(C)C)c3ccccc32)cc1. The number of nitrogens with one attached hydrogen (secondary N) is 2. The fourth-order valence-corrected chi connectivity index (χ4v) is 4.33. The van der Waals surface area contributed by atoms with Gasteiger partial charge in [0.15, 0.2) is 0 Å². The van der Waals surface area contributed by atoms with Crippen LogP contribution in [0, 0.1) is 12.8 Å². The number of carbonyl (C=O) groups is 2. The molecule has 190 valence electrons. The number of hydrogen-bond donors (Lipinski definition) is 2. The Kier molecular flexibility index (Phi) is 8.31. The van der Waals surface area contributed by atoms with Crippen molar-refractivity contribution in [1.82, 2.24) is 15.3 Å². The molecule has 37 heavy (non-hydrogen) atoms. The standard InChI is InChI=1S/C29H28Cl2N4O2/c1-18(2)27(33-28(36)21-12-13-24(30)25(31)14-21)29(37)34-32-15-22-17-35(26-7-5-4-6-23(22)26)16-20-10-8-19(3)9-11-20/h4-15,17-18,27H,16H2,1-3H3,(H,33,36)(H,34,37). The molecule has 2 N–H and O–H groups in total. The van der Waals surface area contributed by atoms with Crippen LogP contribution in [0.25, 0.3) is 10.9 Å². The molecule has 1 unspecified atom stereocenters. The highest BCUT2D eigenvalue weighted by molar-refractivity contribution is 6.42. The number of benzene rings is 3. The van der Waals surface area contributed by atoms with Gasteiger partial charge in [-0.05, 0) is 42.7 Å². The topological polar surface area (TPSA) is 75.5 Å². The summed E-state index contributed by atoms with van der Waals surface area (Å²) >= 11 is 12.0. The molecule has 0 fully saturated rings. The predicted octanol–water partition coefficient (Wildman–Crippen LogP) is 6.21. The molecule has 3 aromatic carbocycles. The third-order valence-corrected chi connectivity index (χ3v) is 6.83. The van der Waals surface area contributed by atoms with E-state index in [-0.39, 0.29) is 10.9 Å². The number of carbonyl (C=O) groups excluding carboxylic acids is 2. The van der Waals surface area contributed by atoms with E-state index in [1.807, 2.05) is 38.2 Å². The monoisotopic (exact) mass is 534 g/mol. The number of aryl methyl sites for hydroxylation is 1. The summed E-state index contributed by atoms with van der Waals surface area (Å²) in [5, 5.41) is 8.62. The lowest BCUT2D eigenvalue weighted by Crippen LogP contribution is -2.48. The summed E-state index contributed by atoms with van der Waals surface area (Å²) in [5.74, 6) is -1.00. The second-order valence-electron chi connectivity index (χ2n) is 9.27. The molecule has 4 aromatic rings. The third kappa shape index (κ3) is 6.40. The quantitative estimate of drug-likeness (QED) is 0.208. The first kappa shape index (κ1) is 26.5. The van der Waals surface area contributed by atoms with Crippen molar-refractivity contribution in [1.29, 1.82) is 0 Å². The van der Waals surface area contributed by atoms with E-state index < -0.39 is 17.9 Å². The summed E-state index contributed by atoms with van der Waals surface area (Å²) in [6, 6.07) is 20.3. The van der Waals surface area contributed by atoms with Gasteiger partial charge in [0, 0.05) is 34.8 Å². The number of aromatic nitrogens is 1. The highest BCUT2D eigenvalue weighted by atomic mass is 35.5. The Balaban J connectivity index is 1.48. The number of rotatable bonds is 8. The molecule has 0 saturated carbocycles. The van der Waals surface area contributed by atoms with Gasteiger partial charge in [-0.2, -0.15) is 5.10 Å². The van der Waals surface area contributed by atoms with E-state index in [1.54, 1.807) is 18.3 Å². The lowest BCUT2D eigenvalue weighted by atomic mass is 10.0. The van der Waals surface area contributed by atoms with Gasteiger partial charge in [-0.25, -0.2) is 5.43 Å². The molecule has 0 spiro atoms. The Morgan fingerprint density at radius 3 is 2.43 bits per heavy atom. The van der Waals surface area contributed by atoms with E-state index in [1.165, 1.54) is 17.2 Å². The van der Waals surface area contributed by atoms with Gasteiger partial charge in [-0.1, -0.05) is 85.1 Å². The fourth-order valence-electron chi connectivity index (χ4n) is 4.03. The zero-order chi connectivity index (χ0) is 26.5. The Morgan fingerprint density at radius 1 is 1.00 bits per heavy atom. The highest BCUT2D eigenvalue weighted by Gasteiger charge is 2.25. The Morgan fingerprint density at radius 2 is 1.73 bits per heavy atom. The van der Waals surface area contributed by atoms with Crippen molar-refractivity contribution in [2.75, 3.05) is 0 Å². The maximum atomic E-state index is 12.9. The number of fused-ring (bicyclic) bond motifs is 1. The summed E-state index contributed by atoms with van der Waals surface area (Å²) in [5.41, 5.74) is 7.26. The molecule has 0 radical (unpaired) electrons. The largest absolute Gasteiger partial charge is 0.342 e. The molecule has 1 aromatic heterocycles. The van der Waals surface area contributed by atoms with Crippen molar-refractivity contribution in [3.05, 3.63) is 105 Å². The zero-order valence-corrected chi connectivity index (χ0v) is 22.3. The molecule has 0 aliphatic heterocycles. The van der Waals surface area contributed by atoms with Crippen LogP contribution in [0.4, 0.5) is 0 Å². The molecular weight excluding hydrogens is 507 g/mol. The van der Waals surface area contributed by atoms with Gasteiger partial charge in [0.2, 0.25) is 0 Å². The maximum absolute atomic E-state index is 12.9. The molecule has 0 aliphatic carbocycles. The normalized spacial score (nSPS) is 12.3. The summed E-state index contributed by atoms with van der Waals surface area (Å²) in [6.07, 6.45) is 3.65. The Labute approximate surface area is 226 Å². The van der Waals surface area contributed by atoms with Crippen LogP contribution >= 0.6 is 23.2 Å². The number of amides is 2. The maximum Gasteiger partial charge on any atom is 0.262 e. The molecule has 0 bridgehead atoms. The van der Waals surface area contributed by atoms with Crippen LogP contribution in [0.3, 0.4) is 0 Å². The van der Waals surface area contributed by atoms with Crippen molar-refractivity contribution < 1.29 is 9.59 Å². The lowest BCUT2D eigenvalue weighted by molar-refractivity contribution is -0.123. The number of hydrazone groups is 1. The van der Waals surface area contributed by atoms with Gasteiger partial charge in [0.1, 0.15) is 6.04 Å². The molecule has 1 atom stereocenters. The van der Waals surface area contributed by atoms with E-state index in [0.29, 0.717) is 10.6 Å². The second-order valence-corrected chi connectivity index (χ2v) is 10.1. The van der Waals surface area contributed by atoms with Gasteiger partial charge in [0.05, 0.1) is 16.3 Å².